The standard InChI is InChI=1S/C15H22N2/c1-12-10-16-11-13-6-5-7-14(15(12)13)17-8-3-2-4-9-17/h5-7,12,16H,2-4,8-11H2,1H3. The van der Waals surface area contributed by atoms with E-state index in [0.717, 1.165) is 13.1 Å². The molecule has 1 unspecified atom stereocenters. The molecule has 0 bridgehead atoms. The molecular formula is C15H22N2. The van der Waals surface area contributed by atoms with Crippen LogP contribution in [-0.2, 0) is 6.54 Å². The fourth-order valence-electron chi connectivity index (χ4n) is 3.26. The van der Waals surface area contributed by atoms with Crippen LogP contribution in [0.25, 0.3) is 0 Å². The van der Waals surface area contributed by atoms with Crippen LogP contribution in [0.4, 0.5) is 5.69 Å². The Morgan fingerprint density at radius 3 is 2.82 bits per heavy atom. The first-order chi connectivity index (χ1) is 8.36. The van der Waals surface area contributed by atoms with E-state index >= 15 is 0 Å². The Morgan fingerprint density at radius 1 is 1.18 bits per heavy atom. The van der Waals surface area contributed by atoms with Crippen LogP contribution in [0.5, 0.6) is 0 Å². The Hall–Kier alpha value is -1.02. The van der Waals surface area contributed by atoms with Gasteiger partial charge in [-0.3, -0.25) is 0 Å². The lowest BCUT2D eigenvalue weighted by Crippen LogP contribution is -2.33. The van der Waals surface area contributed by atoms with E-state index in [1.165, 1.54) is 43.6 Å². The van der Waals surface area contributed by atoms with Crippen molar-refractivity contribution in [3.8, 4) is 0 Å². The molecule has 0 saturated carbocycles. The number of piperidine rings is 1. The quantitative estimate of drug-likeness (QED) is 0.798. The van der Waals surface area contributed by atoms with Crippen LogP contribution in [0.15, 0.2) is 18.2 Å². The molecule has 1 fully saturated rings. The third-order valence-electron chi connectivity index (χ3n) is 4.13. The molecule has 2 heteroatoms. The Balaban J connectivity index is 1.98. The summed E-state index contributed by atoms with van der Waals surface area (Å²) in [7, 11) is 0. The maximum absolute atomic E-state index is 3.50. The summed E-state index contributed by atoms with van der Waals surface area (Å²) in [4.78, 5) is 2.60. The van der Waals surface area contributed by atoms with Crippen LogP contribution in [0.1, 0.15) is 43.2 Å². The summed E-state index contributed by atoms with van der Waals surface area (Å²) in [5.41, 5.74) is 4.62. The summed E-state index contributed by atoms with van der Waals surface area (Å²) in [6.45, 7) is 7.00. The minimum Gasteiger partial charge on any atom is -0.371 e. The first-order valence-electron chi connectivity index (χ1n) is 6.94. The predicted octanol–water partition coefficient (Wildman–Crippen LogP) is 2.88. The van der Waals surface area contributed by atoms with Crippen molar-refractivity contribution in [1.82, 2.24) is 5.32 Å². The van der Waals surface area contributed by atoms with Gasteiger partial charge in [-0.2, -0.15) is 0 Å². The number of hydrogen-bond donors (Lipinski definition) is 1. The van der Waals surface area contributed by atoms with Gasteiger partial charge in [-0.15, -0.1) is 0 Å². The smallest absolute Gasteiger partial charge is 0.0405 e. The molecule has 0 aromatic heterocycles. The van der Waals surface area contributed by atoms with Crippen molar-refractivity contribution in [2.24, 2.45) is 0 Å². The fourth-order valence-corrected chi connectivity index (χ4v) is 3.26. The van der Waals surface area contributed by atoms with Crippen molar-refractivity contribution in [3.63, 3.8) is 0 Å². The van der Waals surface area contributed by atoms with Crippen LogP contribution in [0.3, 0.4) is 0 Å². The van der Waals surface area contributed by atoms with E-state index in [-0.39, 0.29) is 0 Å². The fraction of sp³-hybridized carbons (Fsp3) is 0.600. The molecule has 2 nitrogen and oxygen atoms in total. The highest BCUT2D eigenvalue weighted by Crippen LogP contribution is 2.34. The Labute approximate surface area is 104 Å². The van der Waals surface area contributed by atoms with Crippen molar-refractivity contribution in [1.29, 1.82) is 0 Å². The average Bonchev–Trinajstić information content (AvgIpc) is 2.39. The Morgan fingerprint density at radius 2 is 2.00 bits per heavy atom. The molecule has 1 N–H and O–H groups in total. The summed E-state index contributed by atoms with van der Waals surface area (Å²) < 4.78 is 0. The van der Waals surface area contributed by atoms with E-state index in [9.17, 15) is 0 Å². The molecule has 0 aliphatic carbocycles. The van der Waals surface area contributed by atoms with Gasteiger partial charge in [0.25, 0.3) is 0 Å². The zero-order valence-corrected chi connectivity index (χ0v) is 10.7. The molecule has 0 spiro atoms. The van der Waals surface area contributed by atoms with Crippen LogP contribution in [-0.4, -0.2) is 19.6 Å². The van der Waals surface area contributed by atoms with Gasteiger partial charge in [0.05, 0.1) is 0 Å². The number of anilines is 1. The van der Waals surface area contributed by atoms with E-state index in [1.54, 1.807) is 5.56 Å². The van der Waals surface area contributed by atoms with Gasteiger partial charge in [-0.1, -0.05) is 19.1 Å². The van der Waals surface area contributed by atoms with E-state index in [2.05, 4.69) is 35.3 Å². The van der Waals surface area contributed by atoms with Crippen LogP contribution in [0.2, 0.25) is 0 Å². The molecule has 2 heterocycles. The SMILES string of the molecule is CC1CNCc2cccc(N3CCCCC3)c21. The van der Waals surface area contributed by atoms with Gasteiger partial charge in [0.2, 0.25) is 0 Å². The molecule has 3 rings (SSSR count). The third kappa shape index (κ3) is 2.06. The number of benzene rings is 1. The van der Waals surface area contributed by atoms with Crippen molar-refractivity contribution in [2.45, 2.75) is 38.6 Å². The summed E-state index contributed by atoms with van der Waals surface area (Å²) in [6, 6.07) is 6.83. The van der Waals surface area contributed by atoms with Gasteiger partial charge < -0.3 is 10.2 Å². The second-order valence-corrected chi connectivity index (χ2v) is 5.43. The van der Waals surface area contributed by atoms with Crippen LogP contribution in [0, 0.1) is 0 Å². The van der Waals surface area contributed by atoms with Gasteiger partial charge in [-0.25, -0.2) is 0 Å². The van der Waals surface area contributed by atoms with E-state index in [1.807, 2.05) is 0 Å². The molecule has 92 valence electrons. The van der Waals surface area contributed by atoms with Crippen molar-refractivity contribution < 1.29 is 0 Å². The second-order valence-electron chi connectivity index (χ2n) is 5.43. The monoisotopic (exact) mass is 230 g/mol. The zero-order chi connectivity index (χ0) is 11.7. The zero-order valence-electron chi connectivity index (χ0n) is 10.7. The van der Waals surface area contributed by atoms with Gasteiger partial charge in [-0.05, 0) is 42.4 Å². The topological polar surface area (TPSA) is 15.3 Å². The largest absolute Gasteiger partial charge is 0.371 e. The Bertz CT molecular complexity index is 394. The maximum Gasteiger partial charge on any atom is 0.0405 e. The third-order valence-corrected chi connectivity index (χ3v) is 4.13. The molecule has 1 atom stereocenters. The first kappa shape index (κ1) is 11.1. The Kier molecular flexibility index (Phi) is 3.06. The summed E-state index contributed by atoms with van der Waals surface area (Å²) in [5, 5.41) is 3.50. The molecule has 1 saturated heterocycles. The highest BCUT2D eigenvalue weighted by atomic mass is 15.1. The van der Waals surface area contributed by atoms with E-state index in [4.69, 9.17) is 0 Å². The molecule has 2 aliphatic heterocycles. The van der Waals surface area contributed by atoms with E-state index < -0.39 is 0 Å². The average molecular weight is 230 g/mol. The van der Waals surface area contributed by atoms with E-state index in [0.29, 0.717) is 5.92 Å². The second kappa shape index (κ2) is 4.69. The van der Waals surface area contributed by atoms with Crippen LogP contribution >= 0.6 is 0 Å². The van der Waals surface area contributed by atoms with Gasteiger partial charge in [0, 0.05) is 31.9 Å². The molecular weight excluding hydrogens is 208 g/mol. The maximum atomic E-state index is 3.50. The highest BCUT2D eigenvalue weighted by molar-refractivity contribution is 5.59. The van der Waals surface area contributed by atoms with Crippen molar-refractivity contribution in [2.75, 3.05) is 24.5 Å². The summed E-state index contributed by atoms with van der Waals surface area (Å²) in [6.07, 6.45) is 4.12. The molecule has 2 aliphatic rings. The van der Waals surface area contributed by atoms with Crippen molar-refractivity contribution in [3.05, 3.63) is 29.3 Å². The first-order valence-corrected chi connectivity index (χ1v) is 6.94. The van der Waals surface area contributed by atoms with Gasteiger partial charge in [0.15, 0.2) is 0 Å². The van der Waals surface area contributed by atoms with Crippen LogP contribution < -0.4 is 10.2 Å². The highest BCUT2D eigenvalue weighted by Gasteiger charge is 2.22. The summed E-state index contributed by atoms with van der Waals surface area (Å²) in [5.74, 6) is 0.650. The normalized spacial score (nSPS) is 24.5. The predicted molar refractivity (Wildman–Crippen MR) is 72.6 cm³/mol. The number of fused-ring (bicyclic) bond motifs is 1. The molecule has 1 aromatic carbocycles. The molecule has 0 amide bonds. The molecule has 0 radical (unpaired) electrons. The molecule has 1 aromatic rings. The number of nitrogens with one attached hydrogen (secondary N) is 1. The lowest BCUT2D eigenvalue weighted by atomic mass is 9.89. The number of hydrogen-bond acceptors (Lipinski definition) is 2. The number of nitrogens with zero attached hydrogens (tertiary/aromatic N) is 1. The van der Waals surface area contributed by atoms with Crippen molar-refractivity contribution >= 4 is 5.69 Å². The lowest BCUT2D eigenvalue weighted by molar-refractivity contribution is 0.552. The van der Waals surface area contributed by atoms with Gasteiger partial charge >= 0.3 is 0 Å². The minimum atomic E-state index is 0.650. The summed E-state index contributed by atoms with van der Waals surface area (Å²) >= 11 is 0. The minimum absolute atomic E-state index is 0.650. The molecule has 17 heavy (non-hydrogen) atoms. The number of rotatable bonds is 1. The van der Waals surface area contributed by atoms with Gasteiger partial charge in [0.1, 0.15) is 0 Å². The lowest BCUT2D eigenvalue weighted by Gasteiger charge is -2.34.